The van der Waals surface area contributed by atoms with E-state index in [4.69, 9.17) is 4.42 Å². The molecule has 94 valence electrons. The topological polar surface area (TPSA) is 30.2 Å². The lowest BCUT2D eigenvalue weighted by molar-refractivity contribution is 0.0991. The summed E-state index contributed by atoms with van der Waals surface area (Å²) in [5.74, 6) is 0.0528. The van der Waals surface area contributed by atoms with Gasteiger partial charge in [-0.25, -0.2) is 0 Å². The Balaban J connectivity index is 1.98. The van der Waals surface area contributed by atoms with Crippen molar-refractivity contribution >= 4 is 32.5 Å². The third-order valence-corrected chi connectivity index (χ3v) is 3.76. The van der Waals surface area contributed by atoms with Crippen LogP contribution in [0.4, 0.5) is 0 Å². The third kappa shape index (κ3) is 2.34. The molecule has 1 aromatic heterocycles. The van der Waals surface area contributed by atoms with Gasteiger partial charge >= 0.3 is 0 Å². The molecule has 3 aromatic rings. The average Bonchev–Trinajstić information content (AvgIpc) is 2.85. The summed E-state index contributed by atoms with van der Waals surface area (Å²) in [6.07, 6.45) is 1.89. The first-order valence-corrected chi connectivity index (χ1v) is 6.78. The van der Waals surface area contributed by atoms with E-state index >= 15 is 0 Å². The van der Waals surface area contributed by atoms with Gasteiger partial charge < -0.3 is 4.42 Å². The van der Waals surface area contributed by atoms with Gasteiger partial charge in [0.25, 0.3) is 0 Å². The van der Waals surface area contributed by atoms with Crippen molar-refractivity contribution in [3.63, 3.8) is 0 Å². The van der Waals surface area contributed by atoms with Crippen LogP contribution in [0.1, 0.15) is 15.9 Å². The van der Waals surface area contributed by atoms with Gasteiger partial charge in [0.05, 0.1) is 11.8 Å². The molecule has 0 atom stereocenters. The molecular weight excluding hydrogens is 304 g/mol. The standard InChI is InChI=1S/C16H11BrO2/c17-16-14(8-9-19-16)15(18)10-12-6-3-5-11-4-1-2-7-13(11)12/h1-9H,10H2. The molecule has 0 fully saturated rings. The molecule has 1 heterocycles. The zero-order valence-electron chi connectivity index (χ0n) is 10.1. The second-order valence-corrected chi connectivity index (χ2v) is 5.07. The molecule has 0 saturated carbocycles. The van der Waals surface area contributed by atoms with E-state index in [2.05, 4.69) is 28.1 Å². The van der Waals surface area contributed by atoms with E-state index in [-0.39, 0.29) is 5.78 Å². The van der Waals surface area contributed by atoms with Crippen molar-refractivity contribution in [1.82, 2.24) is 0 Å². The molecule has 3 heteroatoms. The van der Waals surface area contributed by atoms with Gasteiger partial charge in [-0.3, -0.25) is 4.79 Å². The van der Waals surface area contributed by atoms with Crippen LogP contribution in [0.5, 0.6) is 0 Å². The minimum absolute atomic E-state index is 0.0528. The Morgan fingerprint density at radius 3 is 2.63 bits per heavy atom. The van der Waals surface area contributed by atoms with Crippen molar-refractivity contribution in [3.8, 4) is 0 Å². The minimum atomic E-state index is 0.0528. The van der Waals surface area contributed by atoms with Gasteiger partial charge in [-0.1, -0.05) is 42.5 Å². The molecule has 0 radical (unpaired) electrons. The zero-order chi connectivity index (χ0) is 13.2. The fourth-order valence-corrected chi connectivity index (χ4v) is 2.67. The van der Waals surface area contributed by atoms with Crippen LogP contribution in [-0.2, 0) is 6.42 Å². The lowest BCUT2D eigenvalue weighted by atomic mass is 9.99. The van der Waals surface area contributed by atoms with Crippen molar-refractivity contribution in [1.29, 1.82) is 0 Å². The summed E-state index contributed by atoms with van der Waals surface area (Å²) in [6.45, 7) is 0. The smallest absolute Gasteiger partial charge is 0.179 e. The first kappa shape index (κ1) is 12.2. The third-order valence-electron chi connectivity index (χ3n) is 3.15. The SMILES string of the molecule is O=C(Cc1cccc2ccccc12)c1ccoc1Br. The molecule has 0 bridgehead atoms. The van der Waals surface area contributed by atoms with Crippen LogP contribution < -0.4 is 0 Å². The lowest BCUT2D eigenvalue weighted by Crippen LogP contribution is -2.03. The summed E-state index contributed by atoms with van der Waals surface area (Å²) in [4.78, 5) is 12.2. The van der Waals surface area contributed by atoms with Crippen LogP contribution in [0.15, 0.2) is 63.9 Å². The molecule has 0 aliphatic carbocycles. The van der Waals surface area contributed by atoms with Crippen LogP contribution in [-0.4, -0.2) is 5.78 Å². The number of hydrogen-bond donors (Lipinski definition) is 0. The molecule has 2 nitrogen and oxygen atoms in total. The van der Waals surface area contributed by atoms with Gasteiger partial charge in [-0.15, -0.1) is 0 Å². The molecule has 19 heavy (non-hydrogen) atoms. The highest BCUT2D eigenvalue weighted by atomic mass is 79.9. The second kappa shape index (κ2) is 5.02. The number of rotatable bonds is 3. The van der Waals surface area contributed by atoms with E-state index in [9.17, 15) is 4.79 Å². The van der Waals surface area contributed by atoms with E-state index in [0.717, 1.165) is 16.3 Å². The van der Waals surface area contributed by atoms with Crippen molar-refractivity contribution < 1.29 is 9.21 Å². The number of ketones is 1. The van der Waals surface area contributed by atoms with E-state index in [0.29, 0.717) is 16.7 Å². The first-order chi connectivity index (χ1) is 9.25. The number of benzene rings is 2. The zero-order valence-corrected chi connectivity index (χ0v) is 11.7. The van der Waals surface area contributed by atoms with Crippen molar-refractivity contribution in [2.24, 2.45) is 0 Å². The summed E-state index contributed by atoms with van der Waals surface area (Å²) < 4.78 is 5.60. The van der Waals surface area contributed by atoms with E-state index in [1.165, 1.54) is 6.26 Å². The van der Waals surface area contributed by atoms with Crippen LogP contribution in [0.3, 0.4) is 0 Å². The molecule has 0 aliphatic heterocycles. The van der Waals surface area contributed by atoms with Crippen LogP contribution in [0.25, 0.3) is 10.8 Å². The molecule has 0 amide bonds. The average molecular weight is 315 g/mol. The quantitative estimate of drug-likeness (QED) is 0.660. The largest absolute Gasteiger partial charge is 0.457 e. The molecule has 0 unspecified atom stereocenters. The Labute approximate surface area is 119 Å². The van der Waals surface area contributed by atoms with Crippen molar-refractivity contribution in [3.05, 3.63) is 70.6 Å². The molecule has 0 aliphatic rings. The van der Waals surface area contributed by atoms with Crippen molar-refractivity contribution in [2.45, 2.75) is 6.42 Å². The highest BCUT2D eigenvalue weighted by Crippen LogP contribution is 2.23. The van der Waals surface area contributed by atoms with E-state index < -0.39 is 0 Å². The van der Waals surface area contributed by atoms with Gasteiger partial charge in [0.15, 0.2) is 10.5 Å². The predicted octanol–water partition coefficient (Wildman–Crippen LogP) is 4.62. The monoisotopic (exact) mass is 314 g/mol. The van der Waals surface area contributed by atoms with E-state index in [1.54, 1.807) is 6.07 Å². The van der Waals surface area contributed by atoms with Gasteiger partial charge in [0.2, 0.25) is 0 Å². The summed E-state index contributed by atoms with van der Waals surface area (Å²) in [7, 11) is 0. The van der Waals surface area contributed by atoms with Crippen LogP contribution >= 0.6 is 15.9 Å². The number of furan rings is 1. The van der Waals surface area contributed by atoms with Crippen molar-refractivity contribution in [2.75, 3.05) is 0 Å². The number of carbonyl (C=O) groups is 1. The number of hydrogen-bond acceptors (Lipinski definition) is 2. The van der Waals surface area contributed by atoms with Crippen LogP contribution in [0, 0.1) is 0 Å². The minimum Gasteiger partial charge on any atom is -0.457 e. The van der Waals surface area contributed by atoms with Gasteiger partial charge in [-0.05, 0) is 38.3 Å². The van der Waals surface area contributed by atoms with Gasteiger partial charge in [0.1, 0.15) is 0 Å². The summed E-state index contributed by atoms with van der Waals surface area (Å²) >= 11 is 3.24. The summed E-state index contributed by atoms with van der Waals surface area (Å²) in [5, 5.41) is 2.28. The van der Waals surface area contributed by atoms with Gasteiger partial charge in [0, 0.05) is 6.42 Å². The van der Waals surface area contributed by atoms with E-state index in [1.807, 2.05) is 30.3 Å². The number of fused-ring (bicyclic) bond motifs is 1. The Morgan fingerprint density at radius 2 is 1.84 bits per heavy atom. The predicted molar refractivity (Wildman–Crippen MR) is 78.4 cm³/mol. The summed E-state index contributed by atoms with van der Waals surface area (Å²) in [5.41, 5.74) is 1.63. The van der Waals surface area contributed by atoms with Gasteiger partial charge in [-0.2, -0.15) is 0 Å². The summed E-state index contributed by atoms with van der Waals surface area (Å²) in [6, 6.07) is 15.8. The molecule has 0 N–H and O–H groups in total. The Hall–Kier alpha value is -1.87. The maximum absolute atomic E-state index is 12.2. The molecule has 3 rings (SSSR count). The number of Topliss-reactive ketones (excluding diaryl/α,β-unsaturated/α-hetero) is 1. The molecule has 0 spiro atoms. The normalized spacial score (nSPS) is 10.8. The maximum Gasteiger partial charge on any atom is 0.179 e. The molecule has 2 aromatic carbocycles. The fraction of sp³-hybridized carbons (Fsp3) is 0.0625. The van der Waals surface area contributed by atoms with Crippen LogP contribution in [0.2, 0.25) is 0 Å². The highest BCUT2D eigenvalue weighted by Gasteiger charge is 2.14. The number of halogens is 1. The Kier molecular flexibility index (Phi) is 3.22. The fourth-order valence-electron chi connectivity index (χ4n) is 2.21. The first-order valence-electron chi connectivity index (χ1n) is 5.98. The Bertz CT molecular complexity index is 738. The second-order valence-electron chi connectivity index (χ2n) is 4.35. The molecule has 0 saturated heterocycles. The number of carbonyl (C=O) groups excluding carboxylic acids is 1. The lowest BCUT2D eigenvalue weighted by Gasteiger charge is -2.05. The maximum atomic E-state index is 12.2. The highest BCUT2D eigenvalue weighted by molar-refractivity contribution is 9.10. The molecular formula is C16H11BrO2. The Morgan fingerprint density at radius 1 is 1.05 bits per heavy atom.